The molecule has 0 aliphatic carbocycles. The van der Waals surface area contributed by atoms with Crippen molar-refractivity contribution in [3.63, 3.8) is 0 Å². The topological polar surface area (TPSA) is 110 Å². The summed E-state index contributed by atoms with van der Waals surface area (Å²) in [4.78, 5) is 28.5. The van der Waals surface area contributed by atoms with Crippen LogP contribution in [0.15, 0.2) is 47.5 Å². The first-order valence-corrected chi connectivity index (χ1v) is 10.4. The van der Waals surface area contributed by atoms with Crippen LogP contribution in [0.3, 0.4) is 0 Å². The van der Waals surface area contributed by atoms with E-state index in [-0.39, 0.29) is 22.2 Å². The number of pyridine rings is 1. The number of fused-ring (bicyclic) bond motifs is 1. The van der Waals surface area contributed by atoms with E-state index in [1.54, 1.807) is 6.20 Å². The molecule has 0 aliphatic rings. The molecule has 0 atom stereocenters. The molecule has 0 spiro atoms. The van der Waals surface area contributed by atoms with Crippen LogP contribution < -0.4 is 10.6 Å². The minimum Gasteiger partial charge on any atom is -0.342 e. The van der Waals surface area contributed by atoms with E-state index in [0.29, 0.717) is 5.69 Å². The van der Waals surface area contributed by atoms with Crippen LogP contribution in [0.4, 0.5) is 5.69 Å². The predicted octanol–water partition coefficient (Wildman–Crippen LogP) is 1.95. The van der Waals surface area contributed by atoms with Crippen molar-refractivity contribution in [2.75, 3.05) is 11.6 Å². The molecule has 1 aromatic carbocycles. The van der Waals surface area contributed by atoms with E-state index in [1.807, 2.05) is 29.5 Å². The van der Waals surface area contributed by atoms with Crippen molar-refractivity contribution in [2.24, 2.45) is 0 Å². The van der Waals surface area contributed by atoms with Gasteiger partial charge in [-0.3, -0.25) is 9.59 Å². The number of sulfone groups is 1. The standard InChI is InChI=1S/C18H17ClN4O4S/c1-11-4-3-5-16-21-12(10-23(11)16)9-20-17(24)18(25)22-15-8-13(28(2,26)27)6-7-14(15)19/h3-8,10H,9H2,1-2H3,(H,20,24)(H,22,25). The number of aryl methyl sites for hydroxylation is 1. The Labute approximate surface area is 166 Å². The SMILES string of the molecule is Cc1cccc2nc(CNC(=O)C(=O)Nc3cc(S(C)(=O)=O)ccc3Cl)cn12. The van der Waals surface area contributed by atoms with E-state index in [9.17, 15) is 18.0 Å². The number of carbonyl (C=O) groups is 2. The second-order valence-corrected chi connectivity index (χ2v) is 8.60. The van der Waals surface area contributed by atoms with Gasteiger partial charge in [-0.25, -0.2) is 13.4 Å². The van der Waals surface area contributed by atoms with Crippen LogP contribution in [-0.4, -0.2) is 35.9 Å². The molecule has 3 rings (SSSR count). The zero-order valence-corrected chi connectivity index (χ0v) is 16.6. The first kappa shape index (κ1) is 19.8. The number of rotatable bonds is 4. The van der Waals surface area contributed by atoms with E-state index < -0.39 is 21.7 Å². The molecule has 0 fully saturated rings. The highest BCUT2D eigenvalue weighted by Gasteiger charge is 2.17. The van der Waals surface area contributed by atoms with Gasteiger partial charge in [-0.2, -0.15) is 0 Å². The van der Waals surface area contributed by atoms with Crippen molar-refractivity contribution >= 4 is 44.6 Å². The Morgan fingerprint density at radius 1 is 1.18 bits per heavy atom. The molecule has 2 N–H and O–H groups in total. The van der Waals surface area contributed by atoms with Crippen LogP contribution in [0.5, 0.6) is 0 Å². The second-order valence-electron chi connectivity index (χ2n) is 6.18. The summed E-state index contributed by atoms with van der Waals surface area (Å²) >= 11 is 5.97. The molecule has 0 unspecified atom stereocenters. The Hall–Kier alpha value is -2.91. The van der Waals surface area contributed by atoms with Gasteiger partial charge in [-0.15, -0.1) is 0 Å². The molecular weight excluding hydrogens is 404 g/mol. The molecule has 3 aromatic rings. The molecule has 0 saturated heterocycles. The van der Waals surface area contributed by atoms with Gasteiger partial charge >= 0.3 is 11.8 Å². The molecule has 8 nitrogen and oxygen atoms in total. The lowest BCUT2D eigenvalue weighted by Crippen LogP contribution is -2.35. The van der Waals surface area contributed by atoms with Crippen molar-refractivity contribution in [1.29, 1.82) is 0 Å². The first-order valence-electron chi connectivity index (χ1n) is 8.17. The number of imidazole rings is 1. The van der Waals surface area contributed by atoms with E-state index in [0.717, 1.165) is 17.6 Å². The maximum absolute atomic E-state index is 12.1. The number of benzene rings is 1. The smallest absolute Gasteiger partial charge is 0.313 e. The van der Waals surface area contributed by atoms with Crippen LogP contribution in [0.25, 0.3) is 5.65 Å². The lowest BCUT2D eigenvalue weighted by atomic mass is 10.3. The molecule has 2 amide bonds. The van der Waals surface area contributed by atoms with Crippen molar-refractivity contribution < 1.29 is 18.0 Å². The van der Waals surface area contributed by atoms with Crippen molar-refractivity contribution in [2.45, 2.75) is 18.4 Å². The van der Waals surface area contributed by atoms with Gasteiger partial charge in [-0.1, -0.05) is 17.7 Å². The summed E-state index contributed by atoms with van der Waals surface area (Å²) in [5, 5.41) is 4.91. The maximum atomic E-state index is 12.1. The predicted molar refractivity (Wildman–Crippen MR) is 105 cm³/mol. The molecule has 146 valence electrons. The maximum Gasteiger partial charge on any atom is 0.313 e. The second kappa shape index (κ2) is 7.61. The van der Waals surface area contributed by atoms with Crippen molar-refractivity contribution in [3.8, 4) is 0 Å². The number of amides is 2. The fourth-order valence-electron chi connectivity index (χ4n) is 2.55. The van der Waals surface area contributed by atoms with Crippen molar-refractivity contribution in [3.05, 3.63) is 59.0 Å². The van der Waals surface area contributed by atoms with E-state index in [2.05, 4.69) is 15.6 Å². The van der Waals surface area contributed by atoms with Gasteiger partial charge in [0.1, 0.15) is 5.65 Å². The summed E-state index contributed by atoms with van der Waals surface area (Å²) < 4.78 is 25.1. The molecule has 2 aromatic heterocycles. The minimum atomic E-state index is -3.48. The summed E-state index contributed by atoms with van der Waals surface area (Å²) in [6.07, 6.45) is 2.81. The van der Waals surface area contributed by atoms with E-state index in [1.165, 1.54) is 18.2 Å². The quantitative estimate of drug-likeness (QED) is 0.627. The van der Waals surface area contributed by atoms with Crippen LogP contribution in [-0.2, 0) is 26.0 Å². The largest absolute Gasteiger partial charge is 0.342 e. The molecule has 0 aliphatic heterocycles. The number of nitrogens with zero attached hydrogens (tertiary/aromatic N) is 2. The third-order valence-corrected chi connectivity index (χ3v) is 5.44. The fraction of sp³-hybridized carbons (Fsp3) is 0.167. The summed E-state index contributed by atoms with van der Waals surface area (Å²) in [6, 6.07) is 9.50. The lowest BCUT2D eigenvalue weighted by Gasteiger charge is -2.09. The number of nitrogens with one attached hydrogen (secondary N) is 2. The monoisotopic (exact) mass is 420 g/mol. The highest BCUT2D eigenvalue weighted by atomic mass is 35.5. The Balaban J connectivity index is 1.68. The van der Waals surface area contributed by atoms with E-state index in [4.69, 9.17) is 11.6 Å². The molecule has 0 saturated carbocycles. The number of anilines is 1. The molecule has 28 heavy (non-hydrogen) atoms. The molecule has 2 heterocycles. The van der Waals surface area contributed by atoms with Crippen LogP contribution in [0.2, 0.25) is 5.02 Å². The van der Waals surface area contributed by atoms with Crippen molar-refractivity contribution in [1.82, 2.24) is 14.7 Å². The summed E-state index contributed by atoms with van der Waals surface area (Å²) in [6.45, 7) is 1.99. The van der Waals surface area contributed by atoms with Crippen LogP contribution >= 0.6 is 11.6 Å². The fourth-order valence-corrected chi connectivity index (χ4v) is 3.36. The lowest BCUT2D eigenvalue weighted by molar-refractivity contribution is -0.136. The van der Waals surface area contributed by atoms with Gasteiger partial charge in [-0.05, 0) is 37.3 Å². The third-order valence-electron chi connectivity index (χ3n) is 4.00. The molecular formula is C18H17ClN4O4S. The minimum absolute atomic E-state index is 0.0207. The average Bonchev–Trinajstić information content (AvgIpc) is 3.05. The van der Waals surface area contributed by atoms with Gasteiger partial charge in [0.05, 0.1) is 27.8 Å². The summed E-state index contributed by atoms with van der Waals surface area (Å²) in [5.74, 6) is -1.86. The van der Waals surface area contributed by atoms with Gasteiger partial charge in [0.2, 0.25) is 0 Å². The normalized spacial score (nSPS) is 11.4. The number of aromatic nitrogens is 2. The molecule has 0 radical (unpaired) electrons. The van der Waals surface area contributed by atoms with Gasteiger partial charge < -0.3 is 15.0 Å². The Bertz CT molecular complexity index is 1190. The molecule has 10 heteroatoms. The van der Waals surface area contributed by atoms with E-state index >= 15 is 0 Å². The average molecular weight is 421 g/mol. The van der Waals surface area contributed by atoms with Gasteiger partial charge in [0.15, 0.2) is 9.84 Å². The zero-order chi connectivity index (χ0) is 20.5. The Morgan fingerprint density at radius 3 is 2.61 bits per heavy atom. The summed E-state index contributed by atoms with van der Waals surface area (Å²) in [5.41, 5.74) is 2.35. The number of carbonyl (C=O) groups excluding carboxylic acids is 2. The zero-order valence-electron chi connectivity index (χ0n) is 15.1. The molecule has 0 bridgehead atoms. The summed E-state index contributed by atoms with van der Waals surface area (Å²) in [7, 11) is -3.48. The van der Waals surface area contributed by atoms with Crippen LogP contribution in [0, 0.1) is 6.92 Å². The first-order chi connectivity index (χ1) is 13.1. The Kier molecular flexibility index (Phi) is 5.39. The Morgan fingerprint density at radius 2 is 1.93 bits per heavy atom. The van der Waals surface area contributed by atoms with Gasteiger partial charge in [0, 0.05) is 18.1 Å². The number of halogens is 1. The third kappa shape index (κ3) is 4.32. The van der Waals surface area contributed by atoms with Crippen LogP contribution in [0.1, 0.15) is 11.4 Å². The highest BCUT2D eigenvalue weighted by Crippen LogP contribution is 2.25. The van der Waals surface area contributed by atoms with Gasteiger partial charge in [0.25, 0.3) is 0 Å². The number of hydrogen-bond acceptors (Lipinski definition) is 5. The number of hydrogen-bond donors (Lipinski definition) is 2. The highest BCUT2D eigenvalue weighted by molar-refractivity contribution is 7.90.